The highest BCUT2D eigenvalue weighted by Crippen LogP contribution is 2.37. The van der Waals surface area contributed by atoms with Gasteiger partial charge in [-0.3, -0.25) is 4.79 Å². The number of aryl methyl sites for hydroxylation is 1. The average Bonchev–Trinajstić information content (AvgIpc) is 2.59. The van der Waals surface area contributed by atoms with Crippen molar-refractivity contribution in [3.63, 3.8) is 0 Å². The van der Waals surface area contributed by atoms with Crippen LogP contribution >= 0.6 is 0 Å². The third-order valence-electron chi connectivity index (χ3n) is 4.09. The fourth-order valence-electron chi connectivity index (χ4n) is 3.13. The van der Waals surface area contributed by atoms with E-state index in [-0.39, 0.29) is 16.8 Å². The van der Waals surface area contributed by atoms with Gasteiger partial charge in [-0.1, -0.05) is 31.4 Å². The van der Waals surface area contributed by atoms with Crippen molar-refractivity contribution < 1.29 is 13.2 Å². The van der Waals surface area contributed by atoms with E-state index < -0.39 is 10.0 Å². The maximum atomic E-state index is 12.6. The van der Waals surface area contributed by atoms with E-state index in [9.17, 15) is 13.2 Å². The predicted octanol–water partition coefficient (Wildman–Crippen LogP) is 2.47. The summed E-state index contributed by atoms with van der Waals surface area (Å²) in [7, 11) is -3.63. The number of hydrogen-bond acceptors (Lipinski definition) is 3. The third kappa shape index (κ3) is 1.79. The van der Waals surface area contributed by atoms with Gasteiger partial charge in [0.15, 0.2) is 0 Å². The smallest absolute Gasteiger partial charge is 0.268 e. The molecule has 0 N–H and O–H groups in total. The quantitative estimate of drug-likeness (QED) is 0.793. The van der Waals surface area contributed by atoms with Gasteiger partial charge >= 0.3 is 0 Å². The van der Waals surface area contributed by atoms with Crippen LogP contribution in [-0.2, 0) is 10.0 Å². The summed E-state index contributed by atoms with van der Waals surface area (Å²) in [6.07, 6.45) is 4.71. The number of carbonyl (C=O) groups is 1. The third-order valence-corrected chi connectivity index (χ3v) is 5.97. The summed E-state index contributed by atoms with van der Waals surface area (Å²) in [5.74, 6) is -0.333. The van der Waals surface area contributed by atoms with E-state index in [0.29, 0.717) is 5.56 Å². The molecule has 1 amide bonds. The van der Waals surface area contributed by atoms with Crippen LogP contribution in [0, 0.1) is 6.92 Å². The van der Waals surface area contributed by atoms with Gasteiger partial charge in [0, 0.05) is 6.04 Å². The summed E-state index contributed by atoms with van der Waals surface area (Å²) < 4.78 is 26.2. The van der Waals surface area contributed by atoms with Crippen LogP contribution in [0.2, 0.25) is 0 Å². The van der Waals surface area contributed by atoms with Crippen LogP contribution in [0.15, 0.2) is 23.1 Å². The van der Waals surface area contributed by atoms with E-state index in [1.165, 1.54) is 0 Å². The van der Waals surface area contributed by atoms with Gasteiger partial charge < -0.3 is 0 Å². The molecule has 3 rings (SSSR count). The summed E-state index contributed by atoms with van der Waals surface area (Å²) >= 11 is 0. The van der Waals surface area contributed by atoms with Crippen LogP contribution in [0.3, 0.4) is 0 Å². The number of rotatable bonds is 1. The average molecular weight is 279 g/mol. The maximum absolute atomic E-state index is 12.6. The normalized spacial score (nSPS) is 22.6. The van der Waals surface area contributed by atoms with Crippen LogP contribution < -0.4 is 0 Å². The van der Waals surface area contributed by atoms with Gasteiger partial charge in [-0.25, -0.2) is 12.7 Å². The van der Waals surface area contributed by atoms with Crippen LogP contribution in [0.25, 0.3) is 0 Å². The topological polar surface area (TPSA) is 54.5 Å². The fraction of sp³-hybridized carbons (Fsp3) is 0.500. The van der Waals surface area contributed by atoms with Crippen molar-refractivity contribution in [2.24, 2.45) is 0 Å². The second kappa shape index (κ2) is 4.34. The molecule has 19 heavy (non-hydrogen) atoms. The highest BCUT2D eigenvalue weighted by molar-refractivity contribution is 7.90. The molecule has 1 aliphatic heterocycles. The van der Waals surface area contributed by atoms with Gasteiger partial charge in [0.2, 0.25) is 0 Å². The van der Waals surface area contributed by atoms with E-state index in [2.05, 4.69) is 0 Å². The number of sulfonamides is 1. The Morgan fingerprint density at radius 1 is 1.16 bits per heavy atom. The Bertz CT molecular complexity index is 630. The maximum Gasteiger partial charge on any atom is 0.269 e. The lowest BCUT2D eigenvalue weighted by atomic mass is 9.95. The lowest BCUT2D eigenvalue weighted by Crippen LogP contribution is -2.41. The minimum atomic E-state index is -3.63. The minimum Gasteiger partial charge on any atom is -0.268 e. The molecule has 0 aromatic heterocycles. The molecular weight excluding hydrogens is 262 g/mol. The first-order valence-electron chi connectivity index (χ1n) is 6.72. The summed E-state index contributed by atoms with van der Waals surface area (Å²) in [5, 5.41) is 0. The number of fused-ring (bicyclic) bond motifs is 1. The zero-order valence-electron chi connectivity index (χ0n) is 10.9. The highest BCUT2D eigenvalue weighted by atomic mass is 32.2. The van der Waals surface area contributed by atoms with Crippen LogP contribution in [0.5, 0.6) is 0 Å². The lowest BCUT2D eigenvalue weighted by molar-refractivity contribution is 0.0809. The first kappa shape index (κ1) is 12.7. The summed E-state index contributed by atoms with van der Waals surface area (Å²) in [4.78, 5) is 12.7. The van der Waals surface area contributed by atoms with Crippen molar-refractivity contribution in [1.82, 2.24) is 4.31 Å². The van der Waals surface area contributed by atoms with Crippen LogP contribution in [0.4, 0.5) is 0 Å². The first-order chi connectivity index (χ1) is 9.03. The zero-order chi connectivity index (χ0) is 13.6. The van der Waals surface area contributed by atoms with E-state index in [0.717, 1.165) is 42.0 Å². The Kier molecular flexibility index (Phi) is 2.89. The van der Waals surface area contributed by atoms with Crippen molar-refractivity contribution in [2.75, 3.05) is 0 Å². The first-order valence-corrected chi connectivity index (χ1v) is 8.16. The summed E-state index contributed by atoms with van der Waals surface area (Å²) in [6, 6.07) is 4.87. The molecule has 5 heteroatoms. The Morgan fingerprint density at radius 2 is 1.84 bits per heavy atom. The molecular formula is C14H17NO3S. The number of amides is 1. The molecule has 102 valence electrons. The molecule has 1 fully saturated rings. The van der Waals surface area contributed by atoms with Crippen molar-refractivity contribution in [3.8, 4) is 0 Å². The second-order valence-electron chi connectivity index (χ2n) is 5.35. The van der Waals surface area contributed by atoms with Crippen molar-refractivity contribution in [1.29, 1.82) is 0 Å². The molecule has 0 unspecified atom stereocenters. The van der Waals surface area contributed by atoms with Gasteiger partial charge in [0.25, 0.3) is 15.9 Å². The fourth-order valence-corrected chi connectivity index (χ4v) is 5.01. The van der Waals surface area contributed by atoms with Gasteiger partial charge in [-0.15, -0.1) is 0 Å². The van der Waals surface area contributed by atoms with E-state index in [1.807, 2.05) is 0 Å². The van der Waals surface area contributed by atoms with Crippen LogP contribution in [0.1, 0.15) is 48.0 Å². The standard InChI is InChI=1S/C14H17NO3S/c1-10-6-5-9-12-13(10)14(16)15(19(12,17)18)11-7-3-2-4-8-11/h5-6,9,11H,2-4,7-8H2,1H3. The molecule has 4 nitrogen and oxygen atoms in total. The minimum absolute atomic E-state index is 0.155. The highest BCUT2D eigenvalue weighted by Gasteiger charge is 2.45. The van der Waals surface area contributed by atoms with E-state index >= 15 is 0 Å². The van der Waals surface area contributed by atoms with Gasteiger partial charge in [-0.2, -0.15) is 0 Å². The van der Waals surface area contributed by atoms with E-state index in [1.54, 1.807) is 25.1 Å². The van der Waals surface area contributed by atoms with Crippen molar-refractivity contribution in [2.45, 2.75) is 50.0 Å². The molecule has 1 aliphatic carbocycles. The Hall–Kier alpha value is -1.36. The SMILES string of the molecule is Cc1cccc2c1C(=O)N(C1CCCCC1)S2(=O)=O. The molecule has 1 saturated carbocycles. The lowest BCUT2D eigenvalue weighted by Gasteiger charge is -2.29. The molecule has 0 radical (unpaired) electrons. The summed E-state index contributed by atoms with van der Waals surface area (Å²) in [5.41, 5.74) is 1.11. The number of benzene rings is 1. The van der Waals surface area contributed by atoms with Crippen molar-refractivity contribution in [3.05, 3.63) is 29.3 Å². The predicted molar refractivity (Wildman–Crippen MR) is 71.4 cm³/mol. The molecule has 0 spiro atoms. The largest absolute Gasteiger partial charge is 0.269 e. The molecule has 0 atom stereocenters. The Balaban J connectivity index is 2.10. The Morgan fingerprint density at radius 3 is 2.47 bits per heavy atom. The molecule has 1 aromatic rings. The Labute approximate surface area is 113 Å². The van der Waals surface area contributed by atoms with Gasteiger partial charge in [0.1, 0.15) is 4.90 Å². The van der Waals surface area contributed by atoms with Crippen LogP contribution in [-0.4, -0.2) is 24.7 Å². The number of carbonyl (C=O) groups excluding carboxylic acids is 1. The molecule has 1 heterocycles. The van der Waals surface area contributed by atoms with Crippen molar-refractivity contribution >= 4 is 15.9 Å². The molecule has 2 aliphatic rings. The second-order valence-corrected chi connectivity index (χ2v) is 7.13. The van der Waals surface area contributed by atoms with Gasteiger partial charge in [0.05, 0.1) is 5.56 Å². The number of hydrogen-bond donors (Lipinski definition) is 0. The summed E-state index contributed by atoms with van der Waals surface area (Å²) in [6.45, 7) is 1.79. The molecule has 0 bridgehead atoms. The van der Waals surface area contributed by atoms with E-state index in [4.69, 9.17) is 0 Å². The molecule has 0 saturated heterocycles. The zero-order valence-corrected chi connectivity index (χ0v) is 11.7. The van der Waals surface area contributed by atoms with Gasteiger partial charge in [-0.05, 0) is 31.4 Å². The number of nitrogens with zero attached hydrogens (tertiary/aromatic N) is 1. The molecule has 1 aromatic carbocycles. The monoisotopic (exact) mass is 279 g/mol.